The van der Waals surface area contributed by atoms with E-state index in [9.17, 15) is 13.2 Å². The minimum atomic E-state index is -4.46. The Bertz CT molecular complexity index is 399. The molecule has 1 aromatic rings. The molecule has 1 aromatic carbocycles. The van der Waals surface area contributed by atoms with E-state index >= 15 is 0 Å². The Morgan fingerprint density at radius 3 is 2.65 bits per heavy atom. The minimum Gasteiger partial charge on any atom is -0.496 e. The van der Waals surface area contributed by atoms with Crippen molar-refractivity contribution in [2.45, 2.75) is 12.3 Å². The van der Waals surface area contributed by atoms with Crippen LogP contribution in [0, 0.1) is 0 Å². The summed E-state index contributed by atoms with van der Waals surface area (Å²) in [4.78, 5) is 0. The normalized spacial score (nSPS) is 18.9. The van der Waals surface area contributed by atoms with Gasteiger partial charge < -0.3 is 14.2 Å². The molecule has 0 radical (unpaired) electrons. The fraction of sp³-hybridized carbons (Fsp3) is 0.455. The number of epoxide rings is 1. The second-order valence-corrected chi connectivity index (χ2v) is 3.63. The highest BCUT2D eigenvalue weighted by atomic mass is 19.4. The molecule has 1 aliphatic rings. The number of rotatable bonds is 4. The molecule has 0 spiro atoms. The number of hydrogen-bond donors (Lipinski definition) is 0. The topological polar surface area (TPSA) is 31.0 Å². The average Bonchev–Trinajstić information content (AvgIpc) is 3.08. The zero-order valence-corrected chi connectivity index (χ0v) is 9.08. The van der Waals surface area contributed by atoms with Crippen LogP contribution in [-0.4, -0.2) is 26.4 Å². The zero-order valence-electron chi connectivity index (χ0n) is 9.08. The molecule has 94 valence electrons. The predicted molar refractivity (Wildman–Crippen MR) is 53.2 cm³/mol. The Kier molecular flexibility index (Phi) is 3.15. The van der Waals surface area contributed by atoms with Gasteiger partial charge in [-0.15, -0.1) is 0 Å². The number of benzene rings is 1. The lowest BCUT2D eigenvalue weighted by Gasteiger charge is -2.13. The summed E-state index contributed by atoms with van der Waals surface area (Å²) in [7, 11) is 1.20. The van der Waals surface area contributed by atoms with E-state index in [0.29, 0.717) is 6.61 Å². The van der Waals surface area contributed by atoms with Crippen LogP contribution in [0.2, 0.25) is 0 Å². The van der Waals surface area contributed by atoms with Gasteiger partial charge in [0.1, 0.15) is 29.8 Å². The van der Waals surface area contributed by atoms with Gasteiger partial charge in [0.15, 0.2) is 0 Å². The third kappa shape index (κ3) is 3.03. The summed E-state index contributed by atoms with van der Waals surface area (Å²) in [5, 5.41) is 0. The van der Waals surface area contributed by atoms with Crippen molar-refractivity contribution >= 4 is 0 Å². The largest absolute Gasteiger partial charge is 0.496 e. The first kappa shape index (κ1) is 12.0. The highest BCUT2D eigenvalue weighted by molar-refractivity contribution is 5.42. The molecule has 3 nitrogen and oxygen atoms in total. The summed E-state index contributed by atoms with van der Waals surface area (Å²) in [5.41, 5.74) is -0.839. The summed E-state index contributed by atoms with van der Waals surface area (Å²) < 4.78 is 52.7. The van der Waals surface area contributed by atoms with Crippen molar-refractivity contribution in [2.75, 3.05) is 20.3 Å². The van der Waals surface area contributed by atoms with Gasteiger partial charge in [-0.1, -0.05) is 0 Å². The summed E-state index contributed by atoms with van der Waals surface area (Å²) in [6.45, 7) is 0.867. The number of hydrogen-bond acceptors (Lipinski definition) is 3. The molecular formula is C11H11F3O3. The molecule has 1 heterocycles. The van der Waals surface area contributed by atoms with Crippen LogP contribution in [0.3, 0.4) is 0 Å². The Labute approximate surface area is 96.1 Å². The lowest BCUT2D eigenvalue weighted by atomic mass is 10.2. The number of halogens is 3. The highest BCUT2D eigenvalue weighted by Gasteiger charge is 2.35. The Morgan fingerprint density at radius 1 is 1.41 bits per heavy atom. The van der Waals surface area contributed by atoms with Crippen LogP contribution in [-0.2, 0) is 10.9 Å². The Balaban J connectivity index is 2.17. The van der Waals surface area contributed by atoms with E-state index in [2.05, 4.69) is 4.74 Å². The Hall–Kier alpha value is -1.43. The fourth-order valence-corrected chi connectivity index (χ4v) is 1.35. The molecule has 0 aromatic heterocycles. The standard InChI is InChI=1S/C11H11F3O3/c1-15-10-3-2-7(16-5-8-6-17-8)4-9(10)11(12,13)14/h2-4,8H,5-6H2,1H3. The van der Waals surface area contributed by atoms with Crippen LogP contribution < -0.4 is 9.47 Å². The molecule has 0 saturated carbocycles. The number of alkyl halides is 3. The van der Waals surface area contributed by atoms with Gasteiger partial charge >= 0.3 is 6.18 Å². The molecule has 1 unspecified atom stereocenters. The molecule has 1 saturated heterocycles. The first-order valence-corrected chi connectivity index (χ1v) is 5.00. The molecule has 6 heteroatoms. The SMILES string of the molecule is COc1ccc(OCC2CO2)cc1C(F)(F)F. The zero-order chi connectivity index (χ0) is 12.5. The molecular weight excluding hydrogens is 237 g/mol. The summed E-state index contributed by atoms with van der Waals surface area (Å²) in [6, 6.07) is 3.61. The molecule has 1 atom stereocenters. The second-order valence-electron chi connectivity index (χ2n) is 3.63. The van der Waals surface area contributed by atoms with Crippen molar-refractivity contribution in [1.29, 1.82) is 0 Å². The molecule has 1 fully saturated rings. The molecule has 0 bridgehead atoms. The van der Waals surface area contributed by atoms with Gasteiger partial charge in [0.05, 0.1) is 13.7 Å². The summed E-state index contributed by atoms with van der Waals surface area (Å²) >= 11 is 0. The van der Waals surface area contributed by atoms with Crippen LogP contribution in [0.5, 0.6) is 11.5 Å². The summed E-state index contributed by atoms with van der Waals surface area (Å²) in [6.07, 6.45) is -4.45. The van der Waals surface area contributed by atoms with Gasteiger partial charge in [-0.3, -0.25) is 0 Å². The maximum atomic E-state index is 12.7. The lowest BCUT2D eigenvalue weighted by molar-refractivity contribution is -0.138. The molecule has 0 aliphatic carbocycles. The van der Waals surface area contributed by atoms with Gasteiger partial charge in [-0.25, -0.2) is 0 Å². The van der Waals surface area contributed by atoms with Gasteiger partial charge in [0, 0.05) is 0 Å². The molecule has 0 N–H and O–H groups in total. The second kappa shape index (κ2) is 4.44. The Morgan fingerprint density at radius 2 is 2.12 bits per heavy atom. The fourth-order valence-electron chi connectivity index (χ4n) is 1.35. The molecule has 1 aliphatic heterocycles. The predicted octanol–water partition coefficient (Wildman–Crippen LogP) is 2.49. The van der Waals surface area contributed by atoms with Crippen LogP contribution >= 0.6 is 0 Å². The maximum absolute atomic E-state index is 12.7. The van der Waals surface area contributed by atoms with E-state index in [1.165, 1.54) is 19.2 Å². The van der Waals surface area contributed by atoms with Crippen molar-refractivity contribution in [3.63, 3.8) is 0 Å². The monoisotopic (exact) mass is 248 g/mol. The summed E-state index contributed by atoms with van der Waals surface area (Å²) in [5.74, 6) is -0.0545. The minimum absolute atomic E-state index is 0.00596. The molecule has 17 heavy (non-hydrogen) atoms. The smallest absolute Gasteiger partial charge is 0.420 e. The van der Waals surface area contributed by atoms with Gasteiger partial charge in [0.25, 0.3) is 0 Å². The number of ether oxygens (including phenoxy) is 3. The third-order valence-corrected chi connectivity index (χ3v) is 2.31. The van der Waals surface area contributed by atoms with Gasteiger partial charge in [-0.2, -0.15) is 13.2 Å². The maximum Gasteiger partial charge on any atom is 0.420 e. The van der Waals surface area contributed by atoms with E-state index in [1.807, 2.05) is 0 Å². The number of methoxy groups -OCH3 is 1. The average molecular weight is 248 g/mol. The van der Waals surface area contributed by atoms with Crippen molar-refractivity contribution < 1.29 is 27.4 Å². The van der Waals surface area contributed by atoms with Crippen LogP contribution in [0.15, 0.2) is 18.2 Å². The lowest BCUT2D eigenvalue weighted by Crippen LogP contribution is -2.09. The van der Waals surface area contributed by atoms with E-state index < -0.39 is 11.7 Å². The van der Waals surface area contributed by atoms with Crippen LogP contribution in [0.25, 0.3) is 0 Å². The van der Waals surface area contributed by atoms with E-state index in [4.69, 9.17) is 9.47 Å². The highest BCUT2D eigenvalue weighted by Crippen LogP contribution is 2.38. The van der Waals surface area contributed by atoms with Crippen molar-refractivity contribution in [3.05, 3.63) is 23.8 Å². The van der Waals surface area contributed by atoms with E-state index in [1.54, 1.807) is 0 Å². The van der Waals surface area contributed by atoms with Gasteiger partial charge in [0.2, 0.25) is 0 Å². The van der Waals surface area contributed by atoms with Crippen molar-refractivity contribution in [1.82, 2.24) is 0 Å². The molecule has 2 rings (SSSR count). The third-order valence-electron chi connectivity index (χ3n) is 2.31. The van der Waals surface area contributed by atoms with Crippen molar-refractivity contribution in [2.24, 2.45) is 0 Å². The first-order chi connectivity index (χ1) is 8.00. The first-order valence-electron chi connectivity index (χ1n) is 5.00. The van der Waals surface area contributed by atoms with Crippen molar-refractivity contribution in [3.8, 4) is 11.5 Å². The quantitative estimate of drug-likeness (QED) is 0.767. The van der Waals surface area contributed by atoms with E-state index in [-0.39, 0.29) is 24.2 Å². The van der Waals surface area contributed by atoms with E-state index in [0.717, 1.165) is 6.07 Å². The van der Waals surface area contributed by atoms with Gasteiger partial charge in [-0.05, 0) is 18.2 Å². The van der Waals surface area contributed by atoms with Crippen LogP contribution in [0.1, 0.15) is 5.56 Å². The molecule has 0 amide bonds. The van der Waals surface area contributed by atoms with Crippen LogP contribution in [0.4, 0.5) is 13.2 Å².